The minimum absolute atomic E-state index is 0.215. The van der Waals surface area contributed by atoms with Crippen molar-refractivity contribution in [3.8, 4) is 0 Å². The van der Waals surface area contributed by atoms with Crippen molar-refractivity contribution < 1.29 is 39.4 Å². The number of nitrogens with two attached hydrogens (primary N) is 1. The topological polar surface area (TPSA) is 164 Å². The minimum Gasteiger partial charge on any atom is -0.403 e. The Balaban J connectivity index is 2.14. The molecule has 0 radical (unpaired) electrons. The van der Waals surface area contributed by atoms with Gasteiger partial charge >= 0.3 is 7.12 Å². The highest BCUT2D eigenvalue weighted by atomic mass is 16.7. The summed E-state index contributed by atoms with van der Waals surface area (Å²) in [5, 5.41) is 42.3. The van der Waals surface area contributed by atoms with Crippen LogP contribution in [0, 0.1) is 5.92 Å². The predicted molar refractivity (Wildman–Crippen MR) is 91.0 cm³/mol. The average Bonchev–Trinajstić information content (AvgIpc) is 3.25. The lowest BCUT2D eigenvalue weighted by molar-refractivity contribution is -0.127. The van der Waals surface area contributed by atoms with Crippen molar-refractivity contribution in [3.05, 3.63) is 0 Å². The summed E-state index contributed by atoms with van der Waals surface area (Å²) in [5.74, 6) is -0.758. The van der Waals surface area contributed by atoms with Gasteiger partial charge in [0.1, 0.15) is 12.2 Å². The van der Waals surface area contributed by atoms with Crippen molar-refractivity contribution in [2.24, 2.45) is 16.8 Å². The van der Waals surface area contributed by atoms with Gasteiger partial charge in [-0.15, -0.1) is 0 Å². The molecule has 2 aliphatic heterocycles. The lowest BCUT2D eigenvalue weighted by atomic mass is 9.64. The van der Waals surface area contributed by atoms with Crippen molar-refractivity contribution in [1.29, 1.82) is 0 Å². The third-order valence-corrected chi connectivity index (χ3v) is 4.56. The molecule has 6 atom stereocenters. The molecule has 26 heavy (non-hydrogen) atoms. The van der Waals surface area contributed by atoms with Crippen LogP contribution in [0.15, 0.2) is 5.16 Å². The van der Waals surface area contributed by atoms with Crippen molar-refractivity contribution in [1.82, 2.24) is 0 Å². The molecule has 2 rings (SSSR count). The second-order valence-electron chi connectivity index (χ2n) is 7.09. The first-order valence-electron chi connectivity index (χ1n) is 8.69. The van der Waals surface area contributed by atoms with Gasteiger partial charge in [0.15, 0.2) is 0 Å². The lowest BCUT2D eigenvalue weighted by Gasteiger charge is -2.25. The molecule has 6 N–H and O–H groups in total. The van der Waals surface area contributed by atoms with Crippen molar-refractivity contribution in [3.63, 3.8) is 0 Å². The van der Waals surface area contributed by atoms with E-state index in [2.05, 4.69) is 5.16 Å². The first-order valence-corrected chi connectivity index (χ1v) is 8.69. The van der Waals surface area contributed by atoms with Gasteiger partial charge in [-0.05, 0) is 12.3 Å². The van der Waals surface area contributed by atoms with Gasteiger partial charge in [-0.1, -0.05) is 19.0 Å². The third kappa shape index (κ3) is 4.73. The van der Waals surface area contributed by atoms with E-state index in [0.717, 1.165) is 0 Å². The summed E-state index contributed by atoms with van der Waals surface area (Å²) in [7, 11) is -0.853. The number of carbonyl (C=O) groups excluding carboxylic acids is 1. The normalized spacial score (nSPS) is 29.4. The van der Waals surface area contributed by atoms with Crippen LogP contribution in [0.3, 0.4) is 0 Å². The van der Waals surface area contributed by atoms with Crippen LogP contribution in [0.2, 0.25) is 5.82 Å². The van der Waals surface area contributed by atoms with E-state index in [9.17, 15) is 20.1 Å². The molecule has 0 spiro atoms. The molecule has 0 aliphatic carbocycles. The third-order valence-electron chi connectivity index (χ3n) is 4.56. The summed E-state index contributed by atoms with van der Waals surface area (Å²) in [4.78, 5) is 16.4. The minimum atomic E-state index is -1.43. The number of rotatable bonds is 9. The van der Waals surface area contributed by atoms with E-state index in [1.54, 1.807) is 0 Å². The molecular weight excluding hydrogens is 347 g/mol. The summed E-state index contributed by atoms with van der Waals surface area (Å²) in [6, 6.07) is 0. The maximum Gasteiger partial charge on any atom is 0.467 e. The number of amides is 1. The summed E-state index contributed by atoms with van der Waals surface area (Å²) in [6.45, 7) is 2.91. The van der Waals surface area contributed by atoms with Gasteiger partial charge in [0, 0.05) is 12.2 Å². The number of aliphatic hydroxyl groups excluding tert-OH is 4. The monoisotopic (exact) mass is 374 g/mol. The average molecular weight is 374 g/mol. The van der Waals surface area contributed by atoms with E-state index in [1.165, 1.54) is 0 Å². The number of primary amides is 1. The highest BCUT2D eigenvalue weighted by Crippen LogP contribution is 2.35. The summed E-state index contributed by atoms with van der Waals surface area (Å²) >= 11 is 0. The molecule has 1 unspecified atom stereocenters. The highest BCUT2D eigenvalue weighted by Gasteiger charge is 2.50. The highest BCUT2D eigenvalue weighted by molar-refractivity contribution is 6.53. The maximum atomic E-state index is 11.3. The number of aliphatic hydroxyl groups is 4. The smallest absolute Gasteiger partial charge is 0.403 e. The van der Waals surface area contributed by atoms with Crippen LogP contribution in [-0.2, 0) is 18.9 Å². The molecule has 0 aromatic rings. The Morgan fingerprint density at radius 1 is 1.35 bits per heavy atom. The second kappa shape index (κ2) is 9.11. The zero-order chi connectivity index (χ0) is 19.4. The molecule has 0 saturated carbocycles. The molecule has 2 aliphatic rings. The molecule has 10 nitrogen and oxygen atoms in total. The van der Waals surface area contributed by atoms with Gasteiger partial charge in [-0.2, -0.15) is 0 Å². The molecule has 0 aromatic carbocycles. The molecule has 1 amide bonds. The zero-order valence-corrected chi connectivity index (χ0v) is 14.9. The van der Waals surface area contributed by atoms with Gasteiger partial charge in [0.2, 0.25) is 6.10 Å². The quantitative estimate of drug-likeness (QED) is 0.290. The second-order valence-corrected chi connectivity index (χ2v) is 7.09. The zero-order valence-electron chi connectivity index (χ0n) is 14.9. The van der Waals surface area contributed by atoms with E-state index < -0.39 is 56.8 Å². The Hall–Kier alpha value is -1.24. The number of nitrogens with zero attached hydrogens (tertiary/aromatic N) is 1. The molecular formula is C15H27BN2O8. The lowest BCUT2D eigenvalue weighted by Crippen LogP contribution is -2.45. The summed E-state index contributed by atoms with van der Waals surface area (Å²) in [6.07, 6.45) is -4.77. The molecule has 148 valence electrons. The summed E-state index contributed by atoms with van der Waals surface area (Å²) < 4.78 is 11.5. The SMILES string of the molecule is CC(C)C[C@@H](B1O[C@H]([C@H](O)[C@H](O)CO)[C@@H](CO)O1)C1=NOC(C(N)=O)C1. The Labute approximate surface area is 152 Å². The standard InChI is InChI=1S/C15H27BN2O8/c1-7(2)3-8(9-4-11(15(17)23)26-18-9)16-24-12(6-20)14(25-16)13(22)10(21)5-19/h7-8,10-14,19-22H,3-6H2,1-2H3,(H2,17,23)/t8-,10-,11?,12-,13-,14+/m1/s1. The van der Waals surface area contributed by atoms with Crippen LogP contribution < -0.4 is 5.73 Å². The van der Waals surface area contributed by atoms with Crippen molar-refractivity contribution >= 4 is 18.7 Å². The van der Waals surface area contributed by atoms with E-state index in [0.29, 0.717) is 12.1 Å². The number of hydrogen-bond donors (Lipinski definition) is 5. The fourth-order valence-electron chi connectivity index (χ4n) is 3.17. The van der Waals surface area contributed by atoms with Crippen LogP contribution in [0.4, 0.5) is 0 Å². The number of carbonyl (C=O) groups is 1. The molecule has 11 heteroatoms. The Bertz CT molecular complexity index is 520. The molecule has 0 aromatic heterocycles. The van der Waals surface area contributed by atoms with Crippen LogP contribution in [0.25, 0.3) is 0 Å². The van der Waals surface area contributed by atoms with Crippen LogP contribution in [0.1, 0.15) is 26.7 Å². The van der Waals surface area contributed by atoms with Gasteiger partial charge in [-0.25, -0.2) is 0 Å². The molecule has 0 bridgehead atoms. The predicted octanol–water partition coefficient (Wildman–Crippen LogP) is -1.99. The maximum absolute atomic E-state index is 11.3. The van der Waals surface area contributed by atoms with E-state index >= 15 is 0 Å². The first kappa shape index (κ1) is 21.1. The van der Waals surface area contributed by atoms with E-state index in [4.69, 9.17) is 25.0 Å². The largest absolute Gasteiger partial charge is 0.467 e. The van der Waals surface area contributed by atoms with Gasteiger partial charge in [0.25, 0.3) is 5.91 Å². The van der Waals surface area contributed by atoms with Gasteiger partial charge in [-0.3, -0.25) is 4.79 Å². The van der Waals surface area contributed by atoms with Crippen molar-refractivity contribution in [2.75, 3.05) is 13.2 Å². The van der Waals surface area contributed by atoms with Crippen LogP contribution in [-0.4, -0.2) is 82.9 Å². The Morgan fingerprint density at radius 3 is 2.54 bits per heavy atom. The number of oxime groups is 1. The van der Waals surface area contributed by atoms with E-state index in [1.807, 2.05) is 13.8 Å². The van der Waals surface area contributed by atoms with Gasteiger partial charge in [0.05, 0.1) is 31.1 Å². The van der Waals surface area contributed by atoms with Crippen LogP contribution >= 0.6 is 0 Å². The fraction of sp³-hybridized carbons (Fsp3) is 0.867. The molecule has 1 saturated heterocycles. The van der Waals surface area contributed by atoms with Gasteiger partial charge < -0.3 is 40.3 Å². The Kier molecular flexibility index (Phi) is 7.38. The number of hydrogen-bond acceptors (Lipinski definition) is 9. The van der Waals surface area contributed by atoms with Crippen molar-refractivity contribution in [2.45, 2.75) is 63.0 Å². The van der Waals surface area contributed by atoms with Crippen LogP contribution in [0.5, 0.6) is 0 Å². The molecule has 2 heterocycles. The molecule has 1 fully saturated rings. The fourth-order valence-corrected chi connectivity index (χ4v) is 3.17. The van der Waals surface area contributed by atoms with E-state index in [-0.39, 0.29) is 18.2 Å². The summed E-state index contributed by atoms with van der Waals surface area (Å²) in [5.41, 5.74) is 5.81. The first-order chi connectivity index (χ1) is 12.3. The Morgan fingerprint density at radius 2 is 2.04 bits per heavy atom.